The van der Waals surface area contributed by atoms with Crippen molar-refractivity contribution in [2.45, 2.75) is 31.3 Å². The number of nitrogen functional groups attached to an aromatic ring is 1. The minimum Gasteiger partial charge on any atom is -0.394 e. The highest BCUT2D eigenvalue weighted by molar-refractivity contribution is 5.96. The molecule has 4 atom stereocenters. The number of carbonyl (C=O) groups is 1. The molecule has 1 aliphatic heterocycles. The zero-order valence-corrected chi connectivity index (χ0v) is 13.3. The second-order valence-electron chi connectivity index (χ2n) is 5.66. The number of carbonyl (C=O) groups excluding carboxylic acids is 1. The summed E-state index contributed by atoms with van der Waals surface area (Å²) in [6, 6.07) is 0. The molecule has 0 saturated carbocycles. The van der Waals surface area contributed by atoms with Crippen molar-refractivity contribution >= 4 is 23.3 Å². The Morgan fingerprint density at radius 3 is 2.72 bits per heavy atom. The van der Waals surface area contributed by atoms with Gasteiger partial charge in [0.25, 0.3) is 5.56 Å². The topological polar surface area (TPSA) is 162 Å². The molecular formula is C14H18N4O7. The lowest BCUT2D eigenvalue weighted by atomic mass is 10.1. The van der Waals surface area contributed by atoms with Crippen molar-refractivity contribution in [3.05, 3.63) is 22.1 Å². The minimum absolute atomic E-state index is 0.0148. The average molecular weight is 354 g/mol. The summed E-state index contributed by atoms with van der Waals surface area (Å²) < 4.78 is 12.6. The molecule has 0 bridgehead atoms. The molecule has 0 radical (unpaired) electrons. The Labute approximate surface area is 140 Å². The molecule has 1 saturated heterocycles. The van der Waals surface area contributed by atoms with Gasteiger partial charge < -0.3 is 35.1 Å². The highest BCUT2D eigenvalue weighted by atomic mass is 16.6. The number of hydrogen-bond donors (Lipinski definition) is 4. The van der Waals surface area contributed by atoms with Crippen LogP contribution in [0.4, 0.5) is 5.95 Å². The third-order valence-corrected chi connectivity index (χ3v) is 4.17. The van der Waals surface area contributed by atoms with E-state index in [9.17, 15) is 24.9 Å². The SMILES string of the molecule is COCn1c(N)nc2c(c(C=O)cn2[C@@H]2O[C@H](CO)[C@@H](O)[C@H]2O)c1=O. The first kappa shape index (κ1) is 17.5. The molecule has 3 rings (SSSR count). The third kappa shape index (κ3) is 2.62. The number of aromatic nitrogens is 3. The number of methoxy groups -OCH3 is 1. The van der Waals surface area contributed by atoms with Crippen LogP contribution in [0.3, 0.4) is 0 Å². The van der Waals surface area contributed by atoms with Crippen molar-refractivity contribution in [2.75, 3.05) is 19.5 Å². The van der Waals surface area contributed by atoms with E-state index in [1.165, 1.54) is 17.9 Å². The third-order valence-electron chi connectivity index (χ3n) is 4.17. The summed E-state index contributed by atoms with van der Waals surface area (Å²) in [6.07, 6.45) is -3.13. The monoisotopic (exact) mass is 354 g/mol. The van der Waals surface area contributed by atoms with Crippen molar-refractivity contribution in [1.29, 1.82) is 0 Å². The van der Waals surface area contributed by atoms with E-state index in [1.54, 1.807) is 0 Å². The van der Waals surface area contributed by atoms with Crippen molar-refractivity contribution in [1.82, 2.24) is 14.1 Å². The number of fused-ring (bicyclic) bond motifs is 1. The van der Waals surface area contributed by atoms with Gasteiger partial charge in [0.2, 0.25) is 5.95 Å². The van der Waals surface area contributed by atoms with Crippen LogP contribution in [0, 0.1) is 0 Å². The van der Waals surface area contributed by atoms with E-state index in [1.807, 2.05) is 0 Å². The first-order valence-corrected chi connectivity index (χ1v) is 7.42. The lowest BCUT2D eigenvalue weighted by Gasteiger charge is -2.17. The molecule has 0 aromatic carbocycles. The molecule has 0 spiro atoms. The van der Waals surface area contributed by atoms with Crippen molar-refractivity contribution in [3.63, 3.8) is 0 Å². The summed E-state index contributed by atoms with van der Waals surface area (Å²) in [6.45, 7) is -0.657. The van der Waals surface area contributed by atoms with Gasteiger partial charge in [0, 0.05) is 18.9 Å². The summed E-state index contributed by atoms with van der Waals surface area (Å²) in [5, 5.41) is 29.3. The molecule has 0 amide bonds. The normalized spacial score (nSPS) is 26.4. The second kappa shape index (κ2) is 6.54. The maximum Gasteiger partial charge on any atom is 0.267 e. The molecule has 11 nitrogen and oxygen atoms in total. The number of aliphatic hydroxyl groups excluding tert-OH is 3. The summed E-state index contributed by atoms with van der Waals surface area (Å²) in [7, 11) is 1.38. The fraction of sp³-hybridized carbons (Fsp3) is 0.500. The molecule has 25 heavy (non-hydrogen) atoms. The predicted octanol–water partition coefficient (Wildman–Crippen LogP) is -2.19. The van der Waals surface area contributed by atoms with Gasteiger partial charge >= 0.3 is 0 Å². The summed E-state index contributed by atoms with van der Waals surface area (Å²) in [4.78, 5) is 28.1. The Hall–Kier alpha value is -2.31. The number of nitrogens with two attached hydrogens (primary N) is 1. The Morgan fingerprint density at radius 1 is 1.44 bits per heavy atom. The van der Waals surface area contributed by atoms with Crippen LogP contribution < -0.4 is 11.3 Å². The number of aldehydes is 1. The van der Waals surface area contributed by atoms with Crippen LogP contribution in [0.25, 0.3) is 11.0 Å². The van der Waals surface area contributed by atoms with E-state index >= 15 is 0 Å². The number of aliphatic hydroxyl groups is 3. The van der Waals surface area contributed by atoms with E-state index in [4.69, 9.17) is 15.2 Å². The van der Waals surface area contributed by atoms with E-state index in [-0.39, 0.29) is 29.3 Å². The van der Waals surface area contributed by atoms with Gasteiger partial charge in [-0.05, 0) is 0 Å². The molecule has 2 aromatic heterocycles. The number of rotatable bonds is 5. The summed E-state index contributed by atoms with van der Waals surface area (Å²) in [5.41, 5.74) is 5.24. The lowest BCUT2D eigenvalue weighted by Crippen LogP contribution is -2.33. The minimum atomic E-state index is -1.39. The molecule has 3 heterocycles. The smallest absolute Gasteiger partial charge is 0.267 e. The molecule has 11 heteroatoms. The van der Waals surface area contributed by atoms with E-state index in [0.717, 1.165) is 4.57 Å². The Balaban J connectivity index is 2.21. The van der Waals surface area contributed by atoms with Gasteiger partial charge in [-0.15, -0.1) is 0 Å². The van der Waals surface area contributed by atoms with Crippen molar-refractivity contribution in [2.24, 2.45) is 0 Å². The second-order valence-corrected chi connectivity index (χ2v) is 5.66. The van der Waals surface area contributed by atoms with Gasteiger partial charge in [-0.3, -0.25) is 14.2 Å². The summed E-state index contributed by atoms with van der Waals surface area (Å²) >= 11 is 0. The Bertz CT molecular complexity index is 861. The molecule has 1 aliphatic rings. The Kier molecular flexibility index (Phi) is 4.58. The first-order valence-electron chi connectivity index (χ1n) is 7.42. The zero-order chi connectivity index (χ0) is 18.3. The van der Waals surface area contributed by atoms with Gasteiger partial charge in [0.1, 0.15) is 25.0 Å². The Morgan fingerprint density at radius 2 is 2.16 bits per heavy atom. The predicted molar refractivity (Wildman–Crippen MR) is 83.8 cm³/mol. The van der Waals surface area contributed by atoms with Crippen LogP contribution in [0.5, 0.6) is 0 Å². The van der Waals surface area contributed by atoms with Gasteiger partial charge in [-0.2, -0.15) is 4.98 Å². The molecule has 1 fully saturated rings. The number of ether oxygens (including phenoxy) is 2. The van der Waals surface area contributed by atoms with Gasteiger partial charge in [-0.1, -0.05) is 0 Å². The fourth-order valence-corrected chi connectivity index (χ4v) is 2.92. The molecule has 136 valence electrons. The highest BCUT2D eigenvalue weighted by Crippen LogP contribution is 2.32. The average Bonchev–Trinajstić information content (AvgIpc) is 3.09. The van der Waals surface area contributed by atoms with Crippen molar-refractivity contribution < 1.29 is 29.6 Å². The van der Waals surface area contributed by atoms with Crippen LogP contribution >= 0.6 is 0 Å². The number of hydrogen-bond acceptors (Lipinski definition) is 9. The maximum atomic E-state index is 12.6. The maximum absolute atomic E-state index is 12.6. The largest absolute Gasteiger partial charge is 0.394 e. The quantitative estimate of drug-likeness (QED) is 0.437. The number of anilines is 1. The zero-order valence-electron chi connectivity index (χ0n) is 13.3. The molecular weight excluding hydrogens is 336 g/mol. The standard InChI is InChI=1S/C14H18N4O7/c1-24-5-18-12(23)8-6(3-19)2-17(11(8)16-14(18)15)13-10(22)9(21)7(4-20)25-13/h2-3,7,9-10,13,20-22H,4-5H2,1H3,(H2,15,16)/t7-,9-,10-,13-/m1/s1. The van der Waals surface area contributed by atoms with Gasteiger partial charge in [0.15, 0.2) is 18.2 Å². The molecule has 0 unspecified atom stereocenters. The lowest BCUT2D eigenvalue weighted by molar-refractivity contribution is -0.0508. The van der Waals surface area contributed by atoms with Crippen molar-refractivity contribution in [3.8, 4) is 0 Å². The van der Waals surface area contributed by atoms with Crippen LogP contribution in [0.1, 0.15) is 16.6 Å². The van der Waals surface area contributed by atoms with Crippen LogP contribution in [-0.4, -0.2) is 67.8 Å². The number of nitrogens with zero attached hydrogens (tertiary/aromatic N) is 3. The highest BCUT2D eigenvalue weighted by Gasteiger charge is 2.44. The van der Waals surface area contributed by atoms with Gasteiger partial charge in [-0.25, -0.2) is 0 Å². The van der Waals surface area contributed by atoms with Gasteiger partial charge in [0.05, 0.1) is 12.0 Å². The van der Waals surface area contributed by atoms with Crippen LogP contribution in [0.2, 0.25) is 0 Å². The molecule has 2 aromatic rings. The summed E-state index contributed by atoms with van der Waals surface area (Å²) in [5.74, 6) is -0.150. The molecule has 5 N–H and O–H groups in total. The van der Waals surface area contributed by atoms with E-state index in [0.29, 0.717) is 6.29 Å². The van der Waals surface area contributed by atoms with Crippen LogP contribution in [-0.2, 0) is 16.2 Å². The molecule has 0 aliphatic carbocycles. The first-order chi connectivity index (χ1) is 11.9. The van der Waals surface area contributed by atoms with E-state index in [2.05, 4.69) is 4.98 Å². The van der Waals surface area contributed by atoms with Crippen LogP contribution in [0.15, 0.2) is 11.0 Å². The van der Waals surface area contributed by atoms with E-state index < -0.39 is 36.7 Å². The fourth-order valence-electron chi connectivity index (χ4n) is 2.92.